The third-order valence-electron chi connectivity index (χ3n) is 3.52. The molecule has 1 rings (SSSR count). The van der Waals surface area contributed by atoms with Crippen molar-refractivity contribution in [3.05, 3.63) is 0 Å². The van der Waals surface area contributed by atoms with Crippen LogP contribution in [0.5, 0.6) is 0 Å². The zero-order chi connectivity index (χ0) is 13.2. The van der Waals surface area contributed by atoms with Crippen molar-refractivity contribution in [1.82, 2.24) is 0 Å². The van der Waals surface area contributed by atoms with E-state index in [0.717, 1.165) is 19.4 Å². The minimum absolute atomic E-state index is 0.141. The van der Waals surface area contributed by atoms with Gasteiger partial charge in [-0.25, -0.2) is 8.42 Å². The molecule has 1 atom stereocenters. The lowest BCUT2D eigenvalue weighted by atomic mass is 9.82. The molecule has 3 nitrogen and oxygen atoms in total. The van der Waals surface area contributed by atoms with Crippen molar-refractivity contribution < 1.29 is 13.2 Å². The Kier molecular flexibility index (Phi) is 4.89. The quantitative estimate of drug-likeness (QED) is 0.745. The fourth-order valence-electron chi connectivity index (χ4n) is 1.94. The molecule has 0 saturated carbocycles. The van der Waals surface area contributed by atoms with Crippen LogP contribution in [0.1, 0.15) is 40.0 Å². The highest BCUT2D eigenvalue weighted by atomic mass is 35.5. The fraction of sp³-hybridized carbons (Fsp3) is 1.00. The Morgan fingerprint density at radius 2 is 2.00 bits per heavy atom. The van der Waals surface area contributed by atoms with Crippen LogP contribution < -0.4 is 0 Å². The van der Waals surface area contributed by atoms with Gasteiger partial charge in [0.05, 0.1) is 17.1 Å². The Labute approximate surface area is 110 Å². The van der Waals surface area contributed by atoms with Gasteiger partial charge >= 0.3 is 0 Å². The summed E-state index contributed by atoms with van der Waals surface area (Å²) in [6.45, 7) is 6.59. The van der Waals surface area contributed by atoms with Crippen LogP contribution in [-0.4, -0.2) is 38.0 Å². The smallest absolute Gasteiger partial charge is 0.155 e. The molecule has 0 radical (unpaired) electrons. The summed E-state index contributed by atoms with van der Waals surface area (Å²) in [5.41, 5.74) is -0.141. The lowest BCUT2D eigenvalue weighted by Crippen LogP contribution is -2.38. The first kappa shape index (κ1) is 15.3. The minimum Gasteiger partial charge on any atom is -0.381 e. The van der Waals surface area contributed by atoms with Crippen LogP contribution in [0.4, 0.5) is 0 Å². The van der Waals surface area contributed by atoms with Crippen LogP contribution in [0.3, 0.4) is 0 Å². The number of ether oxygens (including phenoxy) is 1. The van der Waals surface area contributed by atoms with Gasteiger partial charge in [0.15, 0.2) is 9.84 Å². The molecule has 5 heteroatoms. The molecule has 1 saturated heterocycles. The van der Waals surface area contributed by atoms with E-state index in [9.17, 15) is 8.42 Å². The maximum Gasteiger partial charge on any atom is 0.155 e. The van der Waals surface area contributed by atoms with Gasteiger partial charge in [0.1, 0.15) is 0 Å². The van der Waals surface area contributed by atoms with Crippen molar-refractivity contribution in [3.8, 4) is 0 Å². The number of rotatable bonds is 4. The zero-order valence-electron chi connectivity index (χ0n) is 11.0. The van der Waals surface area contributed by atoms with Crippen molar-refractivity contribution >= 4 is 21.4 Å². The largest absolute Gasteiger partial charge is 0.381 e. The summed E-state index contributed by atoms with van der Waals surface area (Å²) in [7, 11) is -3.06. The minimum atomic E-state index is -3.06. The molecule has 0 aromatic rings. The first-order chi connectivity index (χ1) is 7.72. The van der Waals surface area contributed by atoms with E-state index in [1.54, 1.807) is 20.8 Å². The molecule has 0 spiro atoms. The summed E-state index contributed by atoms with van der Waals surface area (Å²) >= 11 is 6.01. The topological polar surface area (TPSA) is 43.4 Å². The normalized spacial score (nSPS) is 27.1. The van der Waals surface area contributed by atoms with Crippen molar-refractivity contribution in [2.24, 2.45) is 5.41 Å². The molecular weight excluding hydrogens is 260 g/mol. The van der Waals surface area contributed by atoms with E-state index in [0.29, 0.717) is 18.9 Å². The van der Waals surface area contributed by atoms with Gasteiger partial charge in [-0.05, 0) is 40.0 Å². The van der Waals surface area contributed by atoms with Gasteiger partial charge in [-0.2, -0.15) is 0 Å². The number of halogens is 1. The molecular formula is C12H23ClO3S. The molecule has 0 aliphatic carbocycles. The van der Waals surface area contributed by atoms with Gasteiger partial charge < -0.3 is 4.74 Å². The molecule has 17 heavy (non-hydrogen) atoms. The molecule has 1 aliphatic heterocycles. The Morgan fingerprint density at radius 1 is 1.35 bits per heavy atom. The molecule has 1 aliphatic rings. The van der Waals surface area contributed by atoms with Crippen molar-refractivity contribution in [3.63, 3.8) is 0 Å². The molecule has 1 heterocycles. The van der Waals surface area contributed by atoms with Gasteiger partial charge in [-0.1, -0.05) is 0 Å². The molecule has 0 aromatic carbocycles. The summed E-state index contributed by atoms with van der Waals surface area (Å²) in [5.74, 6) is 0.680. The van der Waals surface area contributed by atoms with E-state index in [1.165, 1.54) is 0 Å². The highest BCUT2D eigenvalue weighted by molar-refractivity contribution is 7.92. The monoisotopic (exact) mass is 282 g/mol. The highest BCUT2D eigenvalue weighted by Gasteiger charge is 2.36. The van der Waals surface area contributed by atoms with Crippen molar-refractivity contribution in [1.29, 1.82) is 0 Å². The number of hydrogen-bond acceptors (Lipinski definition) is 3. The summed E-state index contributed by atoms with van der Waals surface area (Å²) in [5, 5.41) is 0. The van der Waals surface area contributed by atoms with E-state index < -0.39 is 14.6 Å². The van der Waals surface area contributed by atoms with Gasteiger partial charge in [0.2, 0.25) is 0 Å². The van der Waals surface area contributed by atoms with Gasteiger partial charge in [0, 0.05) is 17.9 Å². The summed E-state index contributed by atoms with van der Waals surface area (Å²) < 4.78 is 28.9. The lowest BCUT2D eigenvalue weighted by molar-refractivity contribution is 0.00302. The number of hydrogen-bond donors (Lipinski definition) is 0. The fourth-order valence-corrected chi connectivity index (χ4v) is 3.60. The van der Waals surface area contributed by atoms with E-state index >= 15 is 0 Å². The van der Waals surface area contributed by atoms with Gasteiger partial charge in [-0.3, -0.25) is 0 Å². The van der Waals surface area contributed by atoms with Crippen LogP contribution in [0.2, 0.25) is 0 Å². The average Bonchev–Trinajstić information content (AvgIpc) is 2.26. The lowest BCUT2D eigenvalue weighted by Gasteiger charge is -2.36. The van der Waals surface area contributed by atoms with Crippen LogP contribution in [0, 0.1) is 5.41 Å². The van der Waals surface area contributed by atoms with Gasteiger partial charge in [0.25, 0.3) is 0 Å². The molecule has 0 amide bonds. The first-order valence-electron chi connectivity index (χ1n) is 6.08. The number of sulfone groups is 1. The Hall–Kier alpha value is 0.200. The van der Waals surface area contributed by atoms with E-state index in [1.807, 2.05) is 0 Å². The molecule has 102 valence electrons. The van der Waals surface area contributed by atoms with Crippen molar-refractivity contribution in [2.45, 2.75) is 44.8 Å². The van der Waals surface area contributed by atoms with Gasteiger partial charge in [-0.15, -0.1) is 11.6 Å². The van der Waals surface area contributed by atoms with Crippen LogP contribution in [0.25, 0.3) is 0 Å². The highest BCUT2D eigenvalue weighted by Crippen LogP contribution is 2.35. The Morgan fingerprint density at radius 3 is 2.41 bits per heavy atom. The second-order valence-corrected chi connectivity index (χ2v) is 9.10. The second kappa shape index (κ2) is 5.45. The Balaban J connectivity index is 2.65. The standard InChI is InChI=1S/C12H23ClO3S/c1-11(2,3)17(14,15)8-6-12(9-13)5-4-7-16-10-12/h4-10H2,1-3H3. The SMILES string of the molecule is CC(C)(C)S(=O)(=O)CCC1(CCl)CCCOC1. The third kappa shape index (κ3) is 3.83. The predicted molar refractivity (Wildman–Crippen MR) is 71.4 cm³/mol. The van der Waals surface area contributed by atoms with E-state index in [2.05, 4.69) is 0 Å². The van der Waals surface area contributed by atoms with Crippen molar-refractivity contribution in [2.75, 3.05) is 24.8 Å². The average molecular weight is 283 g/mol. The maximum absolute atomic E-state index is 12.1. The van der Waals surface area contributed by atoms with Crippen LogP contribution >= 0.6 is 11.6 Å². The molecule has 1 fully saturated rings. The maximum atomic E-state index is 12.1. The molecule has 0 N–H and O–H groups in total. The van der Waals surface area contributed by atoms with E-state index in [-0.39, 0.29) is 11.2 Å². The molecule has 0 aromatic heterocycles. The molecule has 1 unspecified atom stereocenters. The third-order valence-corrected chi connectivity index (χ3v) is 6.70. The van der Waals surface area contributed by atoms with E-state index in [4.69, 9.17) is 16.3 Å². The summed E-state index contributed by atoms with van der Waals surface area (Å²) in [4.78, 5) is 0. The summed E-state index contributed by atoms with van der Waals surface area (Å²) in [6, 6.07) is 0. The predicted octanol–water partition coefficient (Wildman–Crippen LogP) is 2.63. The molecule has 0 bridgehead atoms. The summed E-state index contributed by atoms with van der Waals surface area (Å²) in [6.07, 6.45) is 2.55. The zero-order valence-corrected chi connectivity index (χ0v) is 12.5. The first-order valence-corrected chi connectivity index (χ1v) is 8.27. The number of alkyl halides is 1. The van der Waals surface area contributed by atoms with Crippen LogP contribution in [-0.2, 0) is 14.6 Å². The Bertz CT molecular complexity index is 337. The van der Waals surface area contributed by atoms with Crippen LogP contribution in [0.15, 0.2) is 0 Å². The second-order valence-electron chi connectivity index (χ2n) is 5.97.